The molecule has 1 aliphatic rings. The average molecular weight is 1110 g/mol. The topological polar surface area (TPSA) is 390 Å². The fourth-order valence-electron chi connectivity index (χ4n) is 7.92. The number of rotatable bonds is 34. The number of aromatic nitrogens is 4. The van der Waals surface area contributed by atoms with Crippen LogP contribution in [0.4, 0.5) is 5.82 Å². The highest BCUT2D eigenvalue weighted by atomic mass is 31.3. The zero-order valence-corrected chi connectivity index (χ0v) is 45.1. The molecule has 0 aliphatic carbocycles. The average Bonchev–Trinajstić information content (AvgIpc) is 3.87. The number of imidazole rings is 1. The Hall–Kier alpha value is -4.10. The minimum absolute atomic E-state index is 0.000642. The van der Waals surface area contributed by atoms with Crippen LogP contribution in [0.5, 0.6) is 0 Å². The van der Waals surface area contributed by atoms with Gasteiger partial charge < -0.3 is 55.6 Å². The number of carbonyl (C=O) groups is 4. The number of Topliss-reactive ketones (excluding diaryl/α,β-unsaturated/α-hetero) is 1. The lowest BCUT2D eigenvalue weighted by Crippen LogP contribution is -2.46. The van der Waals surface area contributed by atoms with Crippen LogP contribution in [0.2, 0.25) is 0 Å². The van der Waals surface area contributed by atoms with E-state index in [0.29, 0.717) is 12.9 Å². The van der Waals surface area contributed by atoms with Crippen LogP contribution in [0.1, 0.15) is 123 Å². The molecule has 0 saturated carbocycles. The molecule has 26 nitrogen and oxygen atoms in total. The van der Waals surface area contributed by atoms with Gasteiger partial charge in [-0.25, -0.2) is 28.6 Å². The molecule has 2 amide bonds. The number of nitrogens with two attached hydrogens (primary N) is 1. The van der Waals surface area contributed by atoms with Crippen molar-refractivity contribution < 1.29 is 90.0 Å². The Kier molecular flexibility index (Phi) is 23.0. The number of benzene rings is 1. The summed E-state index contributed by atoms with van der Waals surface area (Å²) in [5.41, 5.74) is 5.80. The number of ether oxygens (including phenoxy) is 2. The van der Waals surface area contributed by atoms with E-state index in [0.717, 1.165) is 75.0 Å². The second-order valence-electron chi connectivity index (χ2n) is 20.0. The SMILES string of the molecule is CC(C)(CCCCCc1ccc(CCCCCC(C)(C)C(=O)CCNC(=O)CCNC(=O)C(O)C(C)(C)COP(=O)(O)OP(=O)(O)OCC2OC(n3cnc4c(N)ncnc43)C(O)C2OP(=O)(O)O)cc1)OC=O. The van der Waals surface area contributed by atoms with Crippen molar-refractivity contribution in [2.75, 3.05) is 32.0 Å². The van der Waals surface area contributed by atoms with E-state index >= 15 is 0 Å². The number of aliphatic hydroxyl groups excluding tert-OH is 2. The number of hydrogen-bond acceptors (Lipinski definition) is 19. The summed E-state index contributed by atoms with van der Waals surface area (Å²) in [6.07, 6.45) is 2.52. The smallest absolute Gasteiger partial charge is 0.462 e. The van der Waals surface area contributed by atoms with Crippen LogP contribution in [0, 0.1) is 10.8 Å². The van der Waals surface area contributed by atoms with Crippen molar-refractivity contribution in [2.24, 2.45) is 10.8 Å². The van der Waals surface area contributed by atoms with E-state index in [2.05, 4.69) is 58.7 Å². The van der Waals surface area contributed by atoms with Crippen molar-refractivity contribution >= 4 is 64.5 Å². The maximum absolute atomic E-state index is 13.0. The molecule has 1 aromatic carbocycles. The quantitative estimate of drug-likeness (QED) is 0.0229. The number of fused-ring (bicyclic) bond motifs is 1. The number of nitrogen functional groups attached to an aromatic ring is 1. The Balaban J connectivity index is 1.11. The summed E-state index contributed by atoms with van der Waals surface area (Å²) in [7, 11) is -16.5. The van der Waals surface area contributed by atoms with Gasteiger partial charge in [-0.1, -0.05) is 71.2 Å². The van der Waals surface area contributed by atoms with Gasteiger partial charge in [-0.15, -0.1) is 0 Å². The normalized spacial score (nSPS) is 19.6. The van der Waals surface area contributed by atoms with E-state index in [4.69, 9.17) is 24.3 Å². The molecule has 0 radical (unpaired) electrons. The molecule has 7 unspecified atom stereocenters. The largest absolute Gasteiger partial charge is 0.481 e. The van der Waals surface area contributed by atoms with Crippen LogP contribution < -0.4 is 16.4 Å². The zero-order chi connectivity index (χ0) is 55.1. The summed E-state index contributed by atoms with van der Waals surface area (Å²) in [4.78, 5) is 100. The number of nitrogens with zero attached hydrogens (tertiary/aromatic N) is 4. The highest BCUT2D eigenvalue weighted by molar-refractivity contribution is 7.61. The maximum atomic E-state index is 13.0. The summed E-state index contributed by atoms with van der Waals surface area (Å²) >= 11 is 0. The number of carbonyl (C=O) groups excluding carboxylic acids is 4. The third kappa shape index (κ3) is 20.1. The van der Waals surface area contributed by atoms with Crippen LogP contribution >= 0.6 is 23.5 Å². The lowest BCUT2D eigenvalue weighted by atomic mass is 9.81. The molecule has 0 spiro atoms. The molecule has 1 saturated heterocycles. The number of nitrogens with one attached hydrogen (secondary N) is 2. The highest BCUT2D eigenvalue weighted by Gasteiger charge is 2.50. The Labute approximate surface area is 429 Å². The molecule has 10 N–H and O–H groups in total. The van der Waals surface area contributed by atoms with Gasteiger partial charge in [-0.05, 0) is 69.9 Å². The van der Waals surface area contributed by atoms with Gasteiger partial charge in [0.1, 0.15) is 47.6 Å². The van der Waals surface area contributed by atoms with Crippen LogP contribution in [0.25, 0.3) is 11.2 Å². The number of aliphatic hydroxyl groups is 2. The highest BCUT2D eigenvalue weighted by Crippen LogP contribution is 2.61. The number of anilines is 1. The van der Waals surface area contributed by atoms with Gasteiger partial charge >= 0.3 is 23.5 Å². The number of phosphoric ester groups is 3. The first-order chi connectivity index (χ1) is 34.4. The molecule has 0 bridgehead atoms. The predicted molar refractivity (Wildman–Crippen MR) is 265 cm³/mol. The molecule has 3 aromatic rings. The number of amides is 2. The van der Waals surface area contributed by atoms with E-state index in [9.17, 15) is 62.7 Å². The zero-order valence-electron chi connectivity index (χ0n) is 42.4. The summed E-state index contributed by atoms with van der Waals surface area (Å²) in [6, 6.07) is 8.69. The Morgan fingerprint density at radius 2 is 1.43 bits per heavy atom. The molecule has 29 heteroatoms. The molecule has 2 aromatic heterocycles. The molecule has 3 heterocycles. The molecule has 1 fully saturated rings. The monoisotopic (exact) mass is 1110 g/mol. The fraction of sp³-hybridized carbons (Fsp3) is 0.667. The summed E-state index contributed by atoms with van der Waals surface area (Å²) in [5.74, 6) is -1.50. The van der Waals surface area contributed by atoms with Gasteiger partial charge in [-0.3, -0.25) is 37.3 Å². The first-order valence-corrected chi connectivity index (χ1v) is 28.6. The Bertz CT molecular complexity index is 2490. The third-order valence-electron chi connectivity index (χ3n) is 12.4. The van der Waals surface area contributed by atoms with Crippen molar-refractivity contribution in [1.29, 1.82) is 0 Å². The molecule has 7 atom stereocenters. The fourth-order valence-corrected chi connectivity index (χ4v) is 10.8. The summed E-state index contributed by atoms with van der Waals surface area (Å²) < 4.78 is 67.7. The van der Waals surface area contributed by atoms with Crippen LogP contribution in [-0.4, -0.2) is 130 Å². The van der Waals surface area contributed by atoms with Crippen molar-refractivity contribution in [1.82, 2.24) is 30.2 Å². The van der Waals surface area contributed by atoms with Gasteiger partial charge in [-0.2, -0.15) is 4.31 Å². The molecule has 74 heavy (non-hydrogen) atoms. The molecular weight excluding hydrogens is 1040 g/mol. The first-order valence-electron chi connectivity index (χ1n) is 24.1. The Morgan fingerprint density at radius 1 is 0.838 bits per heavy atom. The summed E-state index contributed by atoms with van der Waals surface area (Å²) in [6.45, 7) is 8.45. The van der Waals surface area contributed by atoms with E-state index in [1.165, 1.54) is 25.0 Å². The standard InChI is InChI=1S/C45H72N7O19P3/c1-43(2,21-11-7-9-13-30-15-17-31(18-16-30)14-10-8-12-22-45(5,6)66-29-53)33(54)19-23-47-34(55)20-24-48-41(58)38(57)44(3,4)26-68-74(64,65)71-73(62,63)67-25-32-37(70-72(59,60)61)36(56)42(69-32)52-28-51-35-39(46)49-27-50-40(35)52/h15-18,27-29,32,36-38,42,56-57H,7-14,19-26H2,1-6H3,(H,47,55)(H,48,58)(H,62,63)(H,64,65)(H2,46,49,50)(H2,59,60,61). The van der Waals surface area contributed by atoms with Crippen LogP contribution in [0.3, 0.4) is 0 Å². The lowest BCUT2D eigenvalue weighted by Gasteiger charge is -2.30. The van der Waals surface area contributed by atoms with Gasteiger partial charge in [0.25, 0.3) is 6.47 Å². The van der Waals surface area contributed by atoms with Gasteiger partial charge in [0.2, 0.25) is 11.8 Å². The lowest BCUT2D eigenvalue weighted by molar-refractivity contribution is -0.141. The first kappa shape index (κ1) is 62.4. The minimum atomic E-state index is -5.60. The number of phosphoric acid groups is 3. The van der Waals surface area contributed by atoms with Crippen molar-refractivity contribution in [3.63, 3.8) is 0 Å². The summed E-state index contributed by atoms with van der Waals surface area (Å²) in [5, 5.41) is 26.7. The predicted octanol–water partition coefficient (Wildman–Crippen LogP) is 4.25. The number of ketones is 1. The van der Waals surface area contributed by atoms with E-state index in [-0.39, 0.29) is 48.7 Å². The van der Waals surface area contributed by atoms with Gasteiger partial charge in [0.15, 0.2) is 17.7 Å². The molecule has 416 valence electrons. The van der Waals surface area contributed by atoms with Crippen molar-refractivity contribution in [3.8, 4) is 0 Å². The van der Waals surface area contributed by atoms with E-state index < -0.39 is 95.6 Å². The Morgan fingerprint density at radius 3 is 2.04 bits per heavy atom. The number of unbranched alkanes of at least 4 members (excludes halogenated alkanes) is 4. The van der Waals surface area contributed by atoms with Crippen molar-refractivity contribution in [3.05, 3.63) is 48.0 Å². The van der Waals surface area contributed by atoms with Gasteiger partial charge in [0, 0.05) is 36.8 Å². The maximum Gasteiger partial charge on any atom is 0.481 e. The van der Waals surface area contributed by atoms with Crippen molar-refractivity contribution in [2.45, 2.75) is 155 Å². The van der Waals surface area contributed by atoms with Gasteiger partial charge in [0.05, 0.1) is 19.5 Å². The number of hydrogen-bond donors (Lipinski definition) is 9. The van der Waals surface area contributed by atoms with Crippen LogP contribution in [-0.2, 0) is 73.1 Å². The molecule has 4 rings (SSSR count). The van der Waals surface area contributed by atoms with Crippen LogP contribution in [0.15, 0.2) is 36.9 Å². The third-order valence-corrected chi connectivity index (χ3v) is 15.5. The number of aryl methyl sites for hydroxylation is 2. The second kappa shape index (κ2) is 27.3. The van der Waals surface area contributed by atoms with E-state index in [1.54, 1.807) is 0 Å². The molecular formula is C45H72N7O19P3. The molecule has 1 aliphatic heterocycles. The van der Waals surface area contributed by atoms with E-state index in [1.807, 2.05) is 27.7 Å². The second-order valence-corrected chi connectivity index (χ2v) is 24.3. The minimum Gasteiger partial charge on any atom is -0.462 e.